The van der Waals surface area contributed by atoms with Crippen LogP contribution >= 0.6 is 0 Å². The van der Waals surface area contributed by atoms with Gasteiger partial charge in [0.25, 0.3) is 17.7 Å². The third-order valence-corrected chi connectivity index (χ3v) is 6.76. The highest BCUT2D eigenvalue weighted by Gasteiger charge is 2.53. The van der Waals surface area contributed by atoms with Gasteiger partial charge in [-0.3, -0.25) is 40.2 Å². The quantitative estimate of drug-likeness (QED) is 0.0772. The minimum absolute atomic E-state index is 0.0231. The fourth-order valence-corrected chi connectivity index (χ4v) is 4.55. The van der Waals surface area contributed by atoms with Crippen molar-refractivity contribution in [1.29, 1.82) is 10.8 Å². The van der Waals surface area contributed by atoms with E-state index in [9.17, 15) is 29.1 Å². The predicted molar refractivity (Wildman–Crippen MR) is 148 cm³/mol. The van der Waals surface area contributed by atoms with Crippen LogP contribution in [0.3, 0.4) is 0 Å². The highest BCUT2D eigenvalue weighted by atomic mass is 16.4. The molecular formula is C27H32N8O6. The Balaban J connectivity index is 1.78. The zero-order chi connectivity index (χ0) is 30.3. The Morgan fingerprint density at radius 3 is 1.83 bits per heavy atom. The number of rotatable bonds is 12. The molecule has 0 radical (unpaired) electrons. The molecule has 1 heterocycles. The van der Waals surface area contributed by atoms with E-state index in [1.165, 1.54) is 60.5 Å². The number of hydrogen-bond acceptors (Lipinski definition) is 8. The van der Waals surface area contributed by atoms with Gasteiger partial charge in [0.05, 0.1) is 0 Å². The van der Waals surface area contributed by atoms with Gasteiger partial charge >= 0.3 is 5.97 Å². The molecule has 3 rings (SSSR count). The summed E-state index contributed by atoms with van der Waals surface area (Å²) < 4.78 is 0. The molecule has 1 saturated heterocycles. The fourth-order valence-electron chi connectivity index (χ4n) is 4.55. The summed E-state index contributed by atoms with van der Waals surface area (Å²) in [6.45, 7) is 0.581. The predicted octanol–water partition coefficient (Wildman–Crippen LogP) is -0.334. The molecule has 41 heavy (non-hydrogen) atoms. The summed E-state index contributed by atoms with van der Waals surface area (Å²) in [7, 11) is 0. The van der Waals surface area contributed by atoms with E-state index in [0.29, 0.717) is 16.7 Å². The van der Waals surface area contributed by atoms with Crippen molar-refractivity contribution in [2.24, 2.45) is 11.5 Å². The molecule has 1 aliphatic rings. The highest BCUT2D eigenvalue weighted by Crippen LogP contribution is 2.28. The first-order chi connectivity index (χ1) is 19.4. The summed E-state index contributed by atoms with van der Waals surface area (Å²) in [5.41, 5.74) is 13.0. The average molecular weight is 565 g/mol. The van der Waals surface area contributed by atoms with Crippen molar-refractivity contribution in [3.8, 4) is 0 Å². The molecule has 0 bridgehead atoms. The number of carboxylic acids is 1. The Bertz CT molecular complexity index is 1380. The van der Waals surface area contributed by atoms with Crippen molar-refractivity contribution in [3.63, 3.8) is 0 Å². The summed E-state index contributed by atoms with van der Waals surface area (Å²) in [4.78, 5) is 64.8. The first-order valence-corrected chi connectivity index (χ1v) is 12.6. The number of hydrogen-bond donors (Lipinski definition) is 7. The number of piperazine rings is 1. The van der Waals surface area contributed by atoms with Gasteiger partial charge in [0.1, 0.15) is 18.2 Å². The molecule has 216 valence electrons. The van der Waals surface area contributed by atoms with Crippen molar-refractivity contribution >= 4 is 41.1 Å². The summed E-state index contributed by atoms with van der Waals surface area (Å²) in [5.74, 6) is -3.96. The lowest BCUT2D eigenvalue weighted by atomic mass is 9.84. The van der Waals surface area contributed by atoms with Gasteiger partial charge in [-0.1, -0.05) is 24.3 Å². The molecule has 0 aliphatic carbocycles. The molecule has 0 saturated carbocycles. The second-order valence-electron chi connectivity index (χ2n) is 9.47. The molecule has 3 amide bonds. The zero-order valence-corrected chi connectivity index (χ0v) is 22.4. The minimum atomic E-state index is -1.91. The smallest absolute Gasteiger partial charge is 0.323 e. The number of carbonyl (C=O) groups excluding carboxylic acids is 4. The average Bonchev–Trinajstić information content (AvgIpc) is 2.93. The molecule has 1 atom stereocenters. The third kappa shape index (κ3) is 6.91. The number of Topliss-reactive ketones (excluding diaryl/α,β-unsaturated/α-hetero) is 1. The van der Waals surface area contributed by atoms with Gasteiger partial charge in [-0.05, 0) is 44.0 Å². The van der Waals surface area contributed by atoms with Crippen LogP contribution in [-0.4, -0.2) is 87.9 Å². The van der Waals surface area contributed by atoms with Crippen LogP contribution < -0.4 is 22.2 Å². The number of aliphatic carboxylic acids is 1. The Morgan fingerprint density at radius 1 is 0.878 bits per heavy atom. The van der Waals surface area contributed by atoms with Gasteiger partial charge in [0, 0.05) is 41.9 Å². The van der Waals surface area contributed by atoms with Gasteiger partial charge in [0.15, 0.2) is 11.3 Å². The van der Waals surface area contributed by atoms with Crippen LogP contribution in [0.25, 0.3) is 0 Å². The molecule has 1 aliphatic heterocycles. The summed E-state index contributed by atoms with van der Waals surface area (Å²) in [5, 5.41) is 28.2. The lowest BCUT2D eigenvalue weighted by Gasteiger charge is -2.47. The molecule has 14 nitrogen and oxygen atoms in total. The highest BCUT2D eigenvalue weighted by molar-refractivity contribution is 6.11. The lowest BCUT2D eigenvalue weighted by molar-refractivity contribution is -0.165. The van der Waals surface area contributed by atoms with E-state index in [-0.39, 0.29) is 49.7 Å². The summed E-state index contributed by atoms with van der Waals surface area (Å²) >= 11 is 0. The second kappa shape index (κ2) is 12.8. The van der Waals surface area contributed by atoms with E-state index < -0.39 is 41.6 Å². The Kier molecular flexibility index (Phi) is 9.52. The number of benzene rings is 2. The van der Waals surface area contributed by atoms with Crippen LogP contribution in [0.4, 0.5) is 0 Å². The van der Waals surface area contributed by atoms with E-state index in [4.69, 9.17) is 22.3 Å². The fraction of sp³-hybridized carbons (Fsp3) is 0.296. The van der Waals surface area contributed by atoms with Crippen LogP contribution in [0.5, 0.6) is 0 Å². The Morgan fingerprint density at radius 2 is 1.37 bits per heavy atom. The standard InChI is InChI=1S/C27H32N8O6/c1-16(36)27(11-2-12-32-24(39)19-7-3-17(4-8-19)22(28)29)26(41)34(15-21(37)38)13-14-35(27)33-25(40)20-9-5-18(6-10-20)23(30)31/h3-10H,2,11-15H2,1H3,(H3,28,29)(H3,30,31)(H,32,39)(H,33,40)(H,37,38)/t27-/m0/s1. The van der Waals surface area contributed by atoms with E-state index in [1.807, 2.05) is 0 Å². The van der Waals surface area contributed by atoms with Crippen LogP contribution in [0, 0.1) is 10.8 Å². The van der Waals surface area contributed by atoms with E-state index in [1.54, 1.807) is 0 Å². The lowest BCUT2D eigenvalue weighted by Crippen LogP contribution is -2.73. The maximum atomic E-state index is 13.6. The molecule has 0 unspecified atom stereocenters. The van der Waals surface area contributed by atoms with Crippen LogP contribution in [-0.2, 0) is 14.4 Å². The second-order valence-corrected chi connectivity index (χ2v) is 9.47. The Labute approximate surface area is 235 Å². The molecule has 1 fully saturated rings. The van der Waals surface area contributed by atoms with Crippen molar-refractivity contribution in [3.05, 3.63) is 70.8 Å². The van der Waals surface area contributed by atoms with Crippen LogP contribution in [0.15, 0.2) is 48.5 Å². The van der Waals surface area contributed by atoms with Crippen molar-refractivity contribution in [2.45, 2.75) is 25.3 Å². The molecule has 9 N–H and O–H groups in total. The van der Waals surface area contributed by atoms with Crippen molar-refractivity contribution < 1.29 is 29.1 Å². The zero-order valence-electron chi connectivity index (χ0n) is 22.4. The number of ketones is 1. The van der Waals surface area contributed by atoms with E-state index in [2.05, 4.69) is 10.7 Å². The summed E-state index contributed by atoms with van der Waals surface area (Å²) in [6, 6.07) is 12.0. The monoisotopic (exact) mass is 564 g/mol. The SMILES string of the molecule is CC(=O)[C@@]1(CCCNC(=O)c2ccc(C(=N)N)cc2)C(=O)N(CC(=O)O)CCN1NC(=O)c1ccc(C(=N)N)cc1. The number of carbonyl (C=O) groups is 5. The van der Waals surface area contributed by atoms with Gasteiger partial charge in [0.2, 0.25) is 0 Å². The van der Waals surface area contributed by atoms with Crippen molar-refractivity contribution in [2.75, 3.05) is 26.2 Å². The van der Waals surface area contributed by atoms with E-state index in [0.717, 1.165) is 4.90 Å². The van der Waals surface area contributed by atoms with Gasteiger partial charge in [-0.25, -0.2) is 0 Å². The van der Waals surface area contributed by atoms with Crippen LogP contribution in [0.1, 0.15) is 51.6 Å². The molecule has 14 heteroatoms. The van der Waals surface area contributed by atoms with Gasteiger partial charge < -0.3 is 26.8 Å². The molecule has 2 aromatic carbocycles. The number of amidine groups is 2. The first-order valence-electron chi connectivity index (χ1n) is 12.6. The third-order valence-electron chi connectivity index (χ3n) is 6.76. The maximum absolute atomic E-state index is 13.6. The number of carboxylic acid groups (broad SMARTS) is 1. The number of amides is 3. The first kappa shape index (κ1) is 30.4. The largest absolute Gasteiger partial charge is 0.480 e. The number of nitrogens with one attached hydrogen (secondary N) is 4. The number of hydrazine groups is 1. The van der Waals surface area contributed by atoms with Gasteiger partial charge in [-0.15, -0.1) is 0 Å². The molecular weight excluding hydrogens is 532 g/mol. The molecule has 2 aromatic rings. The number of nitrogens with zero attached hydrogens (tertiary/aromatic N) is 2. The van der Waals surface area contributed by atoms with Crippen molar-refractivity contribution in [1.82, 2.24) is 20.7 Å². The number of nitrogens with two attached hydrogens (primary N) is 2. The van der Waals surface area contributed by atoms with Gasteiger partial charge in [-0.2, -0.15) is 5.01 Å². The molecule has 0 aromatic heterocycles. The number of nitrogen functional groups attached to an aromatic ring is 2. The normalized spacial score (nSPS) is 17.0. The summed E-state index contributed by atoms with van der Waals surface area (Å²) in [6.07, 6.45) is 0.0214. The van der Waals surface area contributed by atoms with E-state index >= 15 is 0 Å². The Hall–Kier alpha value is -5.11. The van der Waals surface area contributed by atoms with Crippen LogP contribution in [0.2, 0.25) is 0 Å². The maximum Gasteiger partial charge on any atom is 0.323 e. The topological polar surface area (TPSA) is 236 Å². The molecule has 0 spiro atoms. The minimum Gasteiger partial charge on any atom is -0.480 e.